The zero-order chi connectivity index (χ0) is 19.3. The molecule has 0 heterocycles. The topological polar surface area (TPSA) is 63.2 Å². The summed E-state index contributed by atoms with van der Waals surface area (Å²) in [6, 6.07) is 22.1. The molecular weight excluding hydrogens is 365 g/mol. The third kappa shape index (κ3) is 4.41. The summed E-state index contributed by atoms with van der Waals surface area (Å²) in [6.07, 6.45) is 0. The standard InChI is InChI=1S/C21H18FNO3S/c22-18-11-7-10-17(14-18)21(24)23-15-20(16-8-3-1-4-9-16)27(25,26)19-12-5-2-6-13-19/h1-14,20H,15H2,(H,23,24)/t20-/m0/s1. The smallest absolute Gasteiger partial charge is 0.251 e. The number of hydrogen-bond acceptors (Lipinski definition) is 3. The first kappa shape index (κ1) is 18.8. The first-order valence-electron chi connectivity index (χ1n) is 8.36. The highest BCUT2D eigenvalue weighted by Gasteiger charge is 2.29. The van der Waals surface area contributed by atoms with Crippen LogP contribution >= 0.6 is 0 Å². The van der Waals surface area contributed by atoms with Gasteiger partial charge in [0.1, 0.15) is 11.1 Å². The van der Waals surface area contributed by atoms with E-state index in [-0.39, 0.29) is 17.0 Å². The molecule has 0 aliphatic heterocycles. The lowest BCUT2D eigenvalue weighted by Gasteiger charge is -2.19. The minimum atomic E-state index is -3.73. The van der Waals surface area contributed by atoms with Crippen molar-refractivity contribution in [2.45, 2.75) is 10.1 Å². The van der Waals surface area contributed by atoms with Crippen molar-refractivity contribution < 1.29 is 17.6 Å². The second-order valence-corrected chi connectivity index (χ2v) is 8.11. The van der Waals surface area contributed by atoms with Crippen LogP contribution in [0, 0.1) is 5.82 Å². The van der Waals surface area contributed by atoms with Crippen molar-refractivity contribution in [3.05, 3.63) is 102 Å². The van der Waals surface area contributed by atoms with E-state index < -0.39 is 26.8 Å². The normalized spacial score (nSPS) is 12.3. The van der Waals surface area contributed by atoms with E-state index in [1.165, 1.54) is 30.3 Å². The number of hydrogen-bond donors (Lipinski definition) is 1. The van der Waals surface area contributed by atoms with Gasteiger partial charge in [0.15, 0.2) is 9.84 Å². The summed E-state index contributed by atoms with van der Waals surface area (Å²) in [6.45, 7) is -0.128. The summed E-state index contributed by atoms with van der Waals surface area (Å²) in [5.41, 5.74) is 0.708. The summed E-state index contributed by atoms with van der Waals surface area (Å²) < 4.78 is 39.6. The lowest BCUT2D eigenvalue weighted by Crippen LogP contribution is -2.32. The Bertz CT molecular complexity index is 1020. The maximum atomic E-state index is 13.3. The molecule has 0 aliphatic rings. The molecule has 0 saturated carbocycles. The second-order valence-electron chi connectivity index (χ2n) is 5.98. The fourth-order valence-electron chi connectivity index (χ4n) is 2.77. The van der Waals surface area contributed by atoms with Crippen LogP contribution in [0.4, 0.5) is 4.39 Å². The Kier molecular flexibility index (Phi) is 5.66. The Balaban J connectivity index is 1.89. The highest BCUT2D eigenvalue weighted by molar-refractivity contribution is 7.91. The lowest BCUT2D eigenvalue weighted by molar-refractivity contribution is 0.0953. The molecule has 138 valence electrons. The van der Waals surface area contributed by atoms with Gasteiger partial charge in [0.2, 0.25) is 0 Å². The summed E-state index contributed by atoms with van der Waals surface area (Å²) in [5, 5.41) is 1.66. The van der Waals surface area contributed by atoms with Gasteiger partial charge in [-0.15, -0.1) is 0 Å². The molecule has 0 saturated heterocycles. The SMILES string of the molecule is O=C(NC[C@@H](c1ccccc1)S(=O)(=O)c1ccccc1)c1cccc(F)c1. The maximum Gasteiger partial charge on any atom is 0.251 e. The van der Waals surface area contributed by atoms with Crippen LogP contribution in [0.1, 0.15) is 21.2 Å². The van der Waals surface area contributed by atoms with Crippen LogP contribution in [-0.2, 0) is 9.84 Å². The Morgan fingerprint density at radius 2 is 1.52 bits per heavy atom. The van der Waals surface area contributed by atoms with Crippen LogP contribution in [0.25, 0.3) is 0 Å². The largest absolute Gasteiger partial charge is 0.350 e. The zero-order valence-corrected chi connectivity index (χ0v) is 15.2. The first-order valence-corrected chi connectivity index (χ1v) is 9.91. The molecule has 6 heteroatoms. The molecule has 27 heavy (non-hydrogen) atoms. The molecule has 0 bridgehead atoms. The lowest BCUT2D eigenvalue weighted by atomic mass is 10.1. The van der Waals surface area contributed by atoms with Crippen molar-refractivity contribution in [1.82, 2.24) is 5.32 Å². The van der Waals surface area contributed by atoms with Gasteiger partial charge in [-0.1, -0.05) is 54.6 Å². The van der Waals surface area contributed by atoms with E-state index in [9.17, 15) is 17.6 Å². The Hall–Kier alpha value is -2.99. The number of halogens is 1. The molecule has 1 amide bonds. The molecular formula is C21H18FNO3S. The number of amides is 1. The van der Waals surface area contributed by atoms with Crippen molar-refractivity contribution in [2.75, 3.05) is 6.54 Å². The summed E-state index contributed by atoms with van der Waals surface area (Å²) in [5.74, 6) is -1.06. The Labute approximate surface area is 157 Å². The maximum absolute atomic E-state index is 13.3. The molecule has 0 fully saturated rings. The minimum absolute atomic E-state index is 0.128. The number of rotatable bonds is 6. The van der Waals surface area contributed by atoms with Crippen LogP contribution in [0.2, 0.25) is 0 Å². The van der Waals surface area contributed by atoms with Crippen molar-refractivity contribution in [1.29, 1.82) is 0 Å². The molecule has 1 N–H and O–H groups in total. The van der Waals surface area contributed by atoms with Gasteiger partial charge >= 0.3 is 0 Å². The van der Waals surface area contributed by atoms with Crippen LogP contribution in [-0.4, -0.2) is 20.9 Å². The number of carbonyl (C=O) groups is 1. The predicted molar refractivity (Wildman–Crippen MR) is 102 cm³/mol. The Morgan fingerprint density at radius 1 is 0.889 bits per heavy atom. The molecule has 0 spiro atoms. The van der Waals surface area contributed by atoms with Crippen molar-refractivity contribution >= 4 is 15.7 Å². The molecule has 1 atom stereocenters. The van der Waals surface area contributed by atoms with Crippen LogP contribution < -0.4 is 5.32 Å². The second kappa shape index (κ2) is 8.14. The van der Waals surface area contributed by atoms with E-state index in [1.54, 1.807) is 48.5 Å². The van der Waals surface area contributed by atoms with Crippen molar-refractivity contribution in [2.24, 2.45) is 0 Å². The van der Waals surface area contributed by atoms with Gasteiger partial charge in [-0.3, -0.25) is 4.79 Å². The van der Waals surface area contributed by atoms with Gasteiger partial charge in [-0.25, -0.2) is 12.8 Å². The van der Waals surface area contributed by atoms with Gasteiger partial charge < -0.3 is 5.32 Å². The van der Waals surface area contributed by atoms with Gasteiger partial charge in [0, 0.05) is 12.1 Å². The summed E-state index contributed by atoms with van der Waals surface area (Å²) in [7, 11) is -3.73. The van der Waals surface area contributed by atoms with E-state index in [2.05, 4.69) is 5.32 Å². The average Bonchev–Trinajstić information content (AvgIpc) is 2.69. The fourth-order valence-corrected chi connectivity index (χ4v) is 4.45. The minimum Gasteiger partial charge on any atom is -0.350 e. The highest BCUT2D eigenvalue weighted by Crippen LogP contribution is 2.28. The molecule has 4 nitrogen and oxygen atoms in total. The molecule has 3 rings (SSSR count). The average molecular weight is 383 g/mol. The monoisotopic (exact) mass is 383 g/mol. The van der Waals surface area contributed by atoms with E-state index in [4.69, 9.17) is 0 Å². The predicted octanol–water partition coefficient (Wildman–Crippen LogP) is 3.77. The van der Waals surface area contributed by atoms with Crippen LogP contribution in [0.3, 0.4) is 0 Å². The molecule has 3 aromatic carbocycles. The third-order valence-corrected chi connectivity index (χ3v) is 6.27. The van der Waals surface area contributed by atoms with Crippen LogP contribution in [0.5, 0.6) is 0 Å². The van der Waals surface area contributed by atoms with Gasteiger partial charge in [-0.05, 0) is 35.9 Å². The number of benzene rings is 3. The quantitative estimate of drug-likeness (QED) is 0.705. The van der Waals surface area contributed by atoms with Gasteiger partial charge in [0.25, 0.3) is 5.91 Å². The number of carbonyl (C=O) groups excluding carboxylic acids is 1. The third-order valence-electron chi connectivity index (χ3n) is 4.15. The van der Waals surface area contributed by atoms with Crippen LogP contribution in [0.15, 0.2) is 89.8 Å². The van der Waals surface area contributed by atoms with Gasteiger partial charge in [0.05, 0.1) is 4.90 Å². The summed E-state index contributed by atoms with van der Waals surface area (Å²) >= 11 is 0. The van der Waals surface area contributed by atoms with E-state index in [0.717, 1.165) is 6.07 Å². The van der Waals surface area contributed by atoms with Crippen molar-refractivity contribution in [3.8, 4) is 0 Å². The molecule has 0 aromatic heterocycles. The number of sulfone groups is 1. The molecule has 0 aliphatic carbocycles. The Morgan fingerprint density at radius 3 is 2.15 bits per heavy atom. The summed E-state index contributed by atoms with van der Waals surface area (Å²) in [4.78, 5) is 12.5. The molecule has 0 unspecified atom stereocenters. The molecule has 3 aromatic rings. The van der Waals surface area contributed by atoms with E-state index >= 15 is 0 Å². The highest BCUT2D eigenvalue weighted by atomic mass is 32.2. The van der Waals surface area contributed by atoms with Crippen molar-refractivity contribution in [3.63, 3.8) is 0 Å². The first-order chi connectivity index (χ1) is 13.0. The van der Waals surface area contributed by atoms with Gasteiger partial charge in [-0.2, -0.15) is 0 Å². The van der Waals surface area contributed by atoms with E-state index in [0.29, 0.717) is 5.56 Å². The molecule has 0 radical (unpaired) electrons. The zero-order valence-electron chi connectivity index (χ0n) is 14.4. The van der Waals surface area contributed by atoms with E-state index in [1.807, 2.05) is 0 Å². The fraction of sp³-hybridized carbons (Fsp3) is 0.0952. The number of nitrogens with one attached hydrogen (secondary N) is 1.